The maximum Gasteiger partial charge on any atom is 0.244 e. The van der Waals surface area contributed by atoms with Gasteiger partial charge in [-0.3, -0.25) is 4.79 Å². The minimum atomic E-state index is -0.707. The average Bonchev–Trinajstić information content (AvgIpc) is 2.99. The molecule has 20 heavy (non-hydrogen) atoms. The number of fused-ring (bicyclic) bond motifs is 1. The molecule has 0 spiro atoms. The molecule has 1 aliphatic heterocycles. The van der Waals surface area contributed by atoms with Crippen LogP contribution in [0.3, 0.4) is 0 Å². The number of nitrogens with one attached hydrogen (secondary N) is 1. The SMILES string of the molecule is CN(C(=O)C1NCC2CCCC21)c1ccc(F)cc1F. The van der Waals surface area contributed by atoms with Gasteiger partial charge in [0.1, 0.15) is 11.6 Å². The third kappa shape index (κ3) is 2.20. The molecule has 2 fully saturated rings. The van der Waals surface area contributed by atoms with Gasteiger partial charge in [-0.15, -0.1) is 0 Å². The first-order valence-corrected chi connectivity index (χ1v) is 7.04. The van der Waals surface area contributed by atoms with Crippen molar-refractivity contribution < 1.29 is 13.6 Å². The Labute approximate surface area is 117 Å². The van der Waals surface area contributed by atoms with E-state index in [1.807, 2.05) is 0 Å². The monoisotopic (exact) mass is 280 g/mol. The first-order chi connectivity index (χ1) is 9.58. The van der Waals surface area contributed by atoms with Crippen molar-refractivity contribution in [2.45, 2.75) is 25.3 Å². The zero-order valence-corrected chi connectivity index (χ0v) is 11.4. The lowest BCUT2D eigenvalue weighted by atomic mass is 9.93. The summed E-state index contributed by atoms with van der Waals surface area (Å²) in [5.74, 6) is -0.558. The van der Waals surface area contributed by atoms with Gasteiger partial charge in [0.05, 0.1) is 11.7 Å². The fraction of sp³-hybridized carbons (Fsp3) is 0.533. The third-order valence-corrected chi connectivity index (χ3v) is 4.61. The van der Waals surface area contributed by atoms with Crippen LogP contribution in [-0.2, 0) is 4.79 Å². The Balaban J connectivity index is 1.79. The van der Waals surface area contributed by atoms with Crippen LogP contribution in [0.5, 0.6) is 0 Å². The fourth-order valence-electron chi connectivity index (χ4n) is 3.54. The molecule has 0 bridgehead atoms. The zero-order valence-electron chi connectivity index (χ0n) is 11.4. The lowest BCUT2D eigenvalue weighted by molar-refractivity contribution is -0.121. The van der Waals surface area contributed by atoms with Crippen LogP contribution in [0.2, 0.25) is 0 Å². The maximum absolute atomic E-state index is 13.8. The molecule has 5 heteroatoms. The Bertz CT molecular complexity index is 535. The number of likely N-dealkylation sites (N-methyl/N-ethyl adjacent to an activating group) is 1. The summed E-state index contributed by atoms with van der Waals surface area (Å²) in [6, 6.07) is 3.04. The molecule has 1 saturated heterocycles. The molecule has 3 nitrogen and oxygen atoms in total. The molecule has 0 radical (unpaired) electrons. The molecule has 3 unspecified atom stereocenters. The predicted octanol–water partition coefficient (Wildman–Crippen LogP) is 2.32. The molecular weight excluding hydrogens is 262 g/mol. The van der Waals surface area contributed by atoms with Crippen molar-refractivity contribution in [2.75, 3.05) is 18.5 Å². The number of hydrogen-bond acceptors (Lipinski definition) is 2. The first kappa shape index (κ1) is 13.5. The summed E-state index contributed by atoms with van der Waals surface area (Å²) in [5, 5.41) is 3.25. The number of hydrogen-bond donors (Lipinski definition) is 1. The van der Waals surface area contributed by atoms with Gasteiger partial charge in [-0.1, -0.05) is 6.42 Å². The van der Waals surface area contributed by atoms with Crippen LogP contribution in [0.25, 0.3) is 0 Å². The zero-order chi connectivity index (χ0) is 14.3. The Morgan fingerprint density at radius 2 is 2.15 bits per heavy atom. The minimum absolute atomic E-state index is 0.125. The van der Waals surface area contributed by atoms with Gasteiger partial charge in [0.2, 0.25) is 5.91 Å². The maximum atomic E-state index is 13.8. The van der Waals surface area contributed by atoms with E-state index in [9.17, 15) is 13.6 Å². The minimum Gasteiger partial charge on any atom is -0.311 e. The van der Waals surface area contributed by atoms with Crippen LogP contribution in [0.15, 0.2) is 18.2 Å². The quantitative estimate of drug-likeness (QED) is 0.901. The molecular formula is C15H18F2N2O. The van der Waals surface area contributed by atoms with E-state index in [-0.39, 0.29) is 17.6 Å². The molecule has 1 N–H and O–H groups in total. The second kappa shape index (κ2) is 5.13. The van der Waals surface area contributed by atoms with E-state index in [1.165, 1.54) is 17.0 Å². The summed E-state index contributed by atoms with van der Waals surface area (Å²) in [6.07, 6.45) is 3.37. The molecule has 3 rings (SSSR count). The van der Waals surface area contributed by atoms with Gasteiger partial charge in [-0.25, -0.2) is 8.78 Å². The number of rotatable bonds is 2. The van der Waals surface area contributed by atoms with Crippen LogP contribution in [-0.4, -0.2) is 25.5 Å². The summed E-state index contributed by atoms with van der Waals surface area (Å²) in [7, 11) is 1.54. The Kier molecular flexibility index (Phi) is 3.46. The Morgan fingerprint density at radius 1 is 1.35 bits per heavy atom. The van der Waals surface area contributed by atoms with E-state index in [0.29, 0.717) is 11.8 Å². The molecule has 2 aliphatic rings. The van der Waals surface area contributed by atoms with Crippen molar-refractivity contribution in [1.82, 2.24) is 5.32 Å². The number of carbonyl (C=O) groups excluding carboxylic acids is 1. The number of halogens is 2. The van der Waals surface area contributed by atoms with E-state index in [1.54, 1.807) is 7.05 Å². The number of anilines is 1. The summed E-state index contributed by atoms with van der Waals surface area (Å²) in [6.45, 7) is 0.862. The smallest absolute Gasteiger partial charge is 0.244 e. The van der Waals surface area contributed by atoms with Crippen LogP contribution >= 0.6 is 0 Å². The number of nitrogens with zero attached hydrogens (tertiary/aromatic N) is 1. The van der Waals surface area contributed by atoms with E-state index >= 15 is 0 Å². The van der Waals surface area contributed by atoms with Crippen LogP contribution < -0.4 is 10.2 Å². The van der Waals surface area contributed by atoms with Crippen molar-refractivity contribution in [3.05, 3.63) is 29.8 Å². The predicted molar refractivity (Wildman–Crippen MR) is 72.4 cm³/mol. The molecule has 1 aliphatic carbocycles. The lowest BCUT2D eigenvalue weighted by Gasteiger charge is -2.25. The second-order valence-corrected chi connectivity index (χ2v) is 5.73. The molecule has 1 heterocycles. The average molecular weight is 280 g/mol. The highest BCUT2D eigenvalue weighted by atomic mass is 19.1. The second-order valence-electron chi connectivity index (χ2n) is 5.73. The van der Waals surface area contributed by atoms with Crippen LogP contribution in [0.4, 0.5) is 14.5 Å². The van der Waals surface area contributed by atoms with E-state index in [4.69, 9.17) is 0 Å². The van der Waals surface area contributed by atoms with Crippen molar-refractivity contribution in [2.24, 2.45) is 11.8 Å². The first-order valence-electron chi connectivity index (χ1n) is 7.04. The Morgan fingerprint density at radius 3 is 2.90 bits per heavy atom. The molecule has 1 amide bonds. The largest absolute Gasteiger partial charge is 0.311 e. The standard InChI is InChI=1S/C15H18F2N2O/c1-19(13-6-5-10(16)7-12(13)17)15(20)14-11-4-2-3-9(11)8-18-14/h5-7,9,11,14,18H,2-4,8H2,1H3. The van der Waals surface area contributed by atoms with Gasteiger partial charge in [0, 0.05) is 13.1 Å². The lowest BCUT2D eigenvalue weighted by Crippen LogP contribution is -2.45. The summed E-state index contributed by atoms with van der Waals surface area (Å²) < 4.78 is 26.7. The summed E-state index contributed by atoms with van der Waals surface area (Å²) in [4.78, 5) is 13.8. The number of carbonyl (C=O) groups is 1. The van der Waals surface area contributed by atoms with Crippen LogP contribution in [0.1, 0.15) is 19.3 Å². The van der Waals surface area contributed by atoms with E-state index in [0.717, 1.165) is 31.9 Å². The highest BCUT2D eigenvalue weighted by Gasteiger charge is 2.43. The topological polar surface area (TPSA) is 32.3 Å². The molecule has 0 aromatic heterocycles. The highest BCUT2D eigenvalue weighted by Crippen LogP contribution is 2.38. The number of benzene rings is 1. The van der Waals surface area contributed by atoms with Crippen molar-refractivity contribution >= 4 is 11.6 Å². The highest BCUT2D eigenvalue weighted by molar-refractivity contribution is 5.97. The van der Waals surface area contributed by atoms with Gasteiger partial charge >= 0.3 is 0 Å². The third-order valence-electron chi connectivity index (χ3n) is 4.61. The van der Waals surface area contributed by atoms with Crippen molar-refractivity contribution in [1.29, 1.82) is 0 Å². The van der Waals surface area contributed by atoms with Gasteiger partial charge in [-0.2, -0.15) is 0 Å². The fourth-order valence-corrected chi connectivity index (χ4v) is 3.54. The van der Waals surface area contributed by atoms with Crippen molar-refractivity contribution in [3.8, 4) is 0 Å². The van der Waals surface area contributed by atoms with Gasteiger partial charge in [0.15, 0.2) is 0 Å². The van der Waals surface area contributed by atoms with Crippen molar-refractivity contribution in [3.63, 3.8) is 0 Å². The molecule has 3 atom stereocenters. The molecule has 1 saturated carbocycles. The van der Waals surface area contributed by atoms with Gasteiger partial charge in [-0.05, 0) is 43.4 Å². The van der Waals surface area contributed by atoms with E-state index < -0.39 is 11.6 Å². The molecule has 108 valence electrons. The van der Waals surface area contributed by atoms with Gasteiger partial charge < -0.3 is 10.2 Å². The normalized spacial score (nSPS) is 28.4. The van der Waals surface area contributed by atoms with Gasteiger partial charge in [0.25, 0.3) is 0 Å². The van der Waals surface area contributed by atoms with Crippen LogP contribution in [0, 0.1) is 23.5 Å². The summed E-state index contributed by atoms with van der Waals surface area (Å²) in [5.41, 5.74) is 0.125. The van der Waals surface area contributed by atoms with E-state index in [2.05, 4.69) is 5.32 Å². The Hall–Kier alpha value is -1.49. The molecule has 1 aromatic carbocycles. The number of amides is 1. The summed E-state index contributed by atoms with van der Waals surface area (Å²) >= 11 is 0. The molecule has 1 aromatic rings.